The average Bonchev–Trinajstić information content (AvgIpc) is 3.15. The van der Waals surface area contributed by atoms with Gasteiger partial charge in [-0.1, -0.05) is 19.0 Å². The summed E-state index contributed by atoms with van der Waals surface area (Å²) in [7, 11) is 0. The molecule has 3 aromatic heterocycles. The van der Waals surface area contributed by atoms with Crippen LogP contribution in [0.3, 0.4) is 0 Å². The van der Waals surface area contributed by atoms with Crippen LogP contribution in [-0.4, -0.2) is 25.3 Å². The zero-order valence-corrected chi connectivity index (χ0v) is 12.1. The van der Waals surface area contributed by atoms with Gasteiger partial charge < -0.3 is 9.84 Å². The van der Waals surface area contributed by atoms with Crippen LogP contribution in [0, 0.1) is 0 Å². The van der Waals surface area contributed by atoms with Crippen LogP contribution in [0.25, 0.3) is 11.0 Å². The minimum Gasteiger partial charge on any atom is -0.362 e. The molecule has 3 rings (SSSR count). The number of hydrogen-bond donors (Lipinski definition) is 2. The molecule has 0 spiro atoms. The van der Waals surface area contributed by atoms with Crippen molar-refractivity contribution in [1.82, 2.24) is 25.3 Å². The molecule has 0 bridgehead atoms. The molecule has 0 aliphatic rings. The topological polar surface area (TPSA) is 92.5 Å². The van der Waals surface area contributed by atoms with E-state index in [9.17, 15) is 0 Å². The van der Waals surface area contributed by atoms with Crippen molar-refractivity contribution in [3.63, 3.8) is 0 Å². The van der Waals surface area contributed by atoms with Crippen molar-refractivity contribution < 1.29 is 4.52 Å². The zero-order chi connectivity index (χ0) is 14.7. The van der Waals surface area contributed by atoms with E-state index in [0.29, 0.717) is 18.1 Å². The smallest absolute Gasteiger partial charge is 0.160 e. The molecule has 0 saturated carbocycles. The molecule has 0 radical (unpaired) electrons. The second-order valence-electron chi connectivity index (χ2n) is 4.94. The Morgan fingerprint density at radius 3 is 2.95 bits per heavy atom. The summed E-state index contributed by atoms with van der Waals surface area (Å²) in [4.78, 5) is 8.33. The second kappa shape index (κ2) is 5.90. The summed E-state index contributed by atoms with van der Waals surface area (Å²) in [5.41, 5.74) is 1.73. The quantitative estimate of drug-likeness (QED) is 0.723. The standard InChI is InChI=1S/C14H18N6O/c1-3-9(4-2)12-5-10(21-20-12)6-15-13-11-7-18-19-14(11)17-8-16-13/h5,7-9H,3-4,6H2,1-2H3,(H2,15,16,17,18,19). The summed E-state index contributed by atoms with van der Waals surface area (Å²) < 4.78 is 5.39. The van der Waals surface area contributed by atoms with E-state index in [1.54, 1.807) is 6.20 Å². The summed E-state index contributed by atoms with van der Waals surface area (Å²) in [6.07, 6.45) is 5.33. The second-order valence-corrected chi connectivity index (χ2v) is 4.94. The Balaban J connectivity index is 1.72. The Morgan fingerprint density at radius 1 is 1.29 bits per heavy atom. The lowest BCUT2D eigenvalue weighted by Gasteiger charge is -2.06. The van der Waals surface area contributed by atoms with Crippen LogP contribution < -0.4 is 5.32 Å². The molecule has 2 N–H and O–H groups in total. The molecule has 0 unspecified atom stereocenters. The summed E-state index contributed by atoms with van der Waals surface area (Å²) in [5, 5.41) is 15.0. The third-order valence-electron chi connectivity index (χ3n) is 3.66. The van der Waals surface area contributed by atoms with E-state index >= 15 is 0 Å². The SMILES string of the molecule is CCC(CC)c1cc(CNc2ncnc3[nH]ncc23)on1. The Kier molecular flexibility index (Phi) is 3.81. The number of nitrogens with one attached hydrogen (secondary N) is 2. The van der Waals surface area contributed by atoms with Gasteiger partial charge in [0.15, 0.2) is 11.4 Å². The van der Waals surface area contributed by atoms with Crippen molar-refractivity contribution in [1.29, 1.82) is 0 Å². The monoisotopic (exact) mass is 286 g/mol. The molecule has 0 atom stereocenters. The van der Waals surface area contributed by atoms with Gasteiger partial charge in [-0.3, -0.25) is 5.10 Å². The maximum absolute atomic E-state index is 5.39. The number of aromatic nitrogens is 5. The highest BCUT2D eigenvalue weighted by atomic mass is 16.5. The fraction of sp³-hybridized carbons (Fsp3) is 0.429. The van der Waals surface area contributed by atoms with E-state index in [1.165, 1.54) is 6.33 Å². The van der Waals surface area contributed by atoms with Crippen molar-refractivity contribution in [2.45, 2.75) is 39.2 Å². The molecule has 110 valence electrons. The number of aromatic amines is 1. The summed E-state index contributed by atoms with van der Waals surface area (Å²) in [6.45, 7) is 4.86. The fourth-order valence-electron chi connectivity index (χ4n) is 2.39. The number of nitrogens with zero attached hydrogens (tertiary/aromatic N) is 4. The Labute approximate surface area is 122 Å². The Hall–Kier alpha value is -2.44. The van der Waals surface area contributed by atoms with Gasteiger partial charge in [0.25, 0.3) is 0 Å². The molecule has 0 saturated heterocycles. The van der Waals surface area contributed by atoms with E-state index in [1.807, 2.05) is 6.07 Å². The highest BCUT2D eigenvalue weighted by molar-refractivity contribution is 5.85. The lowest BCUT2D eigenvalue weighted by molar-refractivity contribution is 0.375. The third kappa shape index (κ3) is 2.72. The van der Waals surface area contributed by atoms with Crippen LogP contribution in [0.1, 0.15) is 44.1 Å². The normalized spacial score (nSPS) is 11.4. The van der Waals surface area contributed by atoms with Gasteiger partial charge in [0.05, 0.1) is 23.8 Å². The van der Waals surface area contributed by atoms with Gasteiger partial charge in [-0.2, -0.15) is 5.10 Å². The van der Waals surface area contributed by atoms with E-state index < -0.39 is 0 Å². The molecule has 7 nitrogen and oxygen atoms in total. The van der Waals surface area contributed by atoms with E-state index in [2.05, 4.69) is 44.5 Å². The van der Waals surface area contributed by atoms with Gasteiger partial charge >= 0.3 is 0 Å². The first-order chi connectivity index (χ1) is 10.3. The van der Waals surface area contributed by atoms with Crippen molar-refractivity contribution >= 4 is 16.9 Å². The predicted octanol–water partition coefficient (Wildman–Crippen LogP) is 2.86. The molecule has 0 fully saturated rings. The van der Waals surface area contributed by atoms with E-state index in [0.717, 1.165) is 35.5 Å². The molecule has 0 amide bonds. The molecule has 21 heavy (non-hydrogen) atoms. The Bertz CT molecular complexity index is 715. The number of rotatable bonds is 6. The molecule has 3 heterocycles. The first kappa shape index (κ1) is 13.5. The van der Waals surface area contributed by atoms with Crippen LogP contribution in [0.2, 0.25) is 0 Å². The van der Waals surface area contributed by atoms with Crippen molar-refractivity contribution in [2.24, 2.45) is 0 Å². The molecule has 7 heteroatoms. The summed E-state index contributed by atoms with van der Waals surface area (Å²) in [6, 6.07) is 2.01. The number of anilines is 1. The number of H-pyrrole nitrogens is 1. The highest BCUT2D eigenvalue weighted by Crippen LogP contribution is 2.23. The van der Waals surface area contributed by atoms with Crippen molar-refractivity contribution in [3.8, 4) is 0 Å². The van der Waals surface area contributed by atoms with Gasteiger partial charge in [0, 0.05) is 12.0 Å². The first-order valence-corrected chi connectivity index (χ1v) is 7.15. The molecule has 0 aromatic carbocycles. The van der Waals surface area contributed by atoms with Crippen LogP contribution in [-0.2, 0) is 6.54 Å². The van der Waals surface area contributed by atoms with Gasteiger partial charge in [-0.25, -0.2) is 9.97 Å². The van der Waals surface area contributed by atoms with Gasteiger partial charge in [-0.15, -0.1) is 0 Å². The maximum Gasteiger partial charge on any atom is 0.160 e. The predicted molar refractivity (Wildman–Crippen MR) is 78.8 cm³/mol. The average molecular weight is 286 g/mol. The van der Waals surface area contributed by atoms with Crippen LogP contribution in [0.4, 0.5) is 5.82 Å². The Morgan fingerprint density at radius 2 is 2.14 bits per heavy atom. The van der Waals surface area contributed by atoms with Gasteiger partial charge in [0.1, 0.15) is 12.1 Å². The molecular formula is C14H18N6O. The lowest BCUT2D eigenvalue weighted by atomic mass is 9.99. The van der Waals surface area contributed by atoms with Crippen LogP contribution in [0.15, 0.2) is 23.1 Å². The van der Waals surface area contributed by atoms with E-state index in [4.69, 9.17) is 4.52 Å². The highest BCUT2D eigenvalue weighted by Gasteiger charge is 2.13. The van der Waals surface area contributed by atoms with Gasteiger partial charge in [0.2, 0.25) is 0 Å². The summed E-state index contributed by atoms with van der Waals surface area (Å²) >= 11 is 0. The maximum atomic E-state index is 5.39. The molecule has 0 aliphatic carbocycles. The number of fused-ring (bicyclic) bond motifs is 1. The third-order valence-corrected chi connectivity index (χ3v) is 3.66. The van der Waals surface area contributed by atoms with Crippen LogP contribution >= 0.6 is 0 Å². The van der Waals surface area contributed by atoms with Crippen molar-refractivity contribution in [2.75, 3.05) is 5.32 Å². The van der Waals surface area contributed by atoms with Crippen molar-refractivity contribution in [3.05, 3.63) is 30.0 Å². The first-order valence-electron chi connectivity index (χ1n) is 7.15. The minimum atomic E-state index is 0.460. The number of hydrogen-bond acceptors (Lipinski definition) is 6. The molecular weight excluding hydrogens is 268 g/mol. The van der Waals surface area contributed by atoms with Gasteiger partial charge in [-0.05, 0) is 12.8 Å². The lowest BCUT2D eigenvalue weighted by Crippen LogP contribution is -2.01. The molecule has 0 aliphatic heterocycles. The minimum absolute atomic E-state index is 0.460. The zero-order valence-electron chi connectivity index (χ0n) is 12.1. The van der Waals surface area contributed by atoms with E-state index in [-0.39, 0.29) is 0 Å². The fourth-order valence-corrected chi connectivity index (χ4v) is 2.39. The molecule has 3 aromatic rings. The largest absolute Gasteiger partial charge is 0.362 e. The van der Waals surface area contributed by atoms with Crippen LogP contribution in [0.5, 0.6) is 0 Å². The summed E-state index contributed by atoms with van der Waals surface area (Å²) in [5.74, 6) is 1.99.